The van der Waals surface area contributed by atoms with Crippen LogP contribution in [0.4, 0.5) is 23.2 Å². The molecule has 0 radical (unpaired) electrons. The minimum Gasteiger partial charge on any atom is -0.495 e. The number of allylic oxidation sites excluding steroid dienone is 1. The van der Waals surface area contributed by atoms with E-state index in [9.17, 15) is 22.8 Å². The number of para-hydroxylation sites is 2. The third kappa shape index (κ3) is 4.02. The van der Waals surface area contributed by atoms with Crippen molar-refractivity contribution in [2.24, 2.45) is 0 Å². The van der Waals surface area contributed by atoms with E-state index >= 15 is 0 Å². The number of hydrogen-bond acceptors (Lipinski definition) is 5. The SMILES string of the molecule is COc1ccccc1N1CCO/C1=C(/C#N)Sc1cc(C(F)(F)F)ccc1F. The lowest BCUT2D eigenvalue weighted by Crippen LogP contribution is -2.19. The number of nitriles is 1. The van der Waals surface area contributed by atoms with Crippen molar-refractivity contribution >= 4 is 17.4 Å². The minimum atomic E-state index is -4.61. The van der Waals surface area contributed by atoms with Gasteiger partial charge in [0.05, 0.1) is 24.9 Å². The van der Waals surface area contributed by atoms with E-state index < -0.39 is 17.6 Å². The summed E-state index contributed by atoms with van der Waals surface area (Å²) in [6.45, 7) is 0.677. The number of nitrogens with zero attached hydrogens (tertiary/aromatic N) is 2. The van der Waals surface area contributed by atoms with E-state index in [4.69, 9.17) is 9.47 Å². The van der Waals surface area contributed by atoms with Crippen molar-refractivity contribution in [3.8, 4) is 11.8 Å². The van der Waals surface area contributed by atoms with E-state index in [0.717, 1.165) is 6.07 Å². The topological polar surface area (TPSA) is 45.5 Å². The largest absolute Gasteiger partial charge is 0.495 e. The van der Waals surface area contributed by atoms with Crippen molar-refractivity contribution in [2.45, 2.75) is 11.1 Å². The van der Waals surface area contributed by atoms with Crippen LogP contribution in [0.25, 0.3) is 0 Å². The van der Waals surface area contributed by atoms with Gasteiger partial charge in [0.1, 0.15) is 24.2 Å². The molecule has 0 bridgehead atoms. The molecule has 2 aromatic rings. The summed E-state index contributed by atoms with van der Waals surface area (Å²) in [5, 5.41) is 9.55. The lowest BCUT2D eigenvalue weighted by Gasteiger charge is -2.21. The normalized spacial score (nSPS) is 15.8. The van der Waals surface area contributed by atoms with Crippen molar-refractivity contribution in [1.29, 1.82) is 5.26 Å². The van der Waals surface area contributed by atoms with Crippen molar-refractivity contribution in [2.75, 3.05) is 25.2 Å². The van der Waals surface area contributed by atoms with Crippen LogP contribution in [-0.2, 0) is 10.9 Å². The quantitative estimate of drug-likeness (QED) is 0.395. The Labute approximate surface area is 163 Å². The number of halogens is 4. The number of rotatable bonds is 4. The van der Waals surface area contributed by atoms with Crippen LogP contribution < -0.4 is 9.64 Å². The number of benzene rings is 2. The van der Waals surface area contributed by atoms with E-state index in [1.807, 2.05) is 6.07 Å². The van der Waals surface area contributed by atoms with Crippen molar-refractivity contribution in [3.63, 3.8) is 0 Å². The average molecular weight is 410 g/mol. The van der Waals surface area contributed by atoms with Gasteiger partial charge in [0, 0.05) is 4.90 Å². The third-order valence-electron chi connectivity index (χ3n) is 3.94. The molecule has 0 unspecified atom stereocenters. The fourth-order valence-corrected chi connectivity index (χ4v) is 3.54. The van der Waals surface area contributed by atoms with E-state index in [-0.39, 0.29) is 22.3 Å². The van der Waals surface area contributed by atoms with Crippen LogP contribution in [0.2, 0.25) is 0 Å². The van der Waals surface area contributed by atoms with Crippen molar-refractivity contribution < 1.29 is 27.0 Å². The zero-order valence-electron chi connectivity index (χ0n) is 14.6. The Hall–Kier alpha value is -2.86. The van der Waals surface area contributed by atoms with Gasteiger partial charge in [0.25, 0.3) is 0 Å². The molecule has 1 aliphatic heterocycles. The first-order chi connectivity index (χ1) is 13.3. The fourth-order valence-electron chi connectivity index (χ4n) is 2.67. The van der Waals surface area contributed by atoms with Gasteiger partial charge in [-0.15, -0.1) is 0 Å². The Morgan fingerprint density at radius 2 is 2.00 bits per heavy atom. The van der Waals surface area contributed by atoms with E-state index in [2.05, 4.69) is 0 Å². The molecule has 1 fully saturated rings. The average Bonchev–Trinajstić information content (AvgIpc) is 3.15. The molecule has 1 heterocycles. The maximum atomic E-state index is 14.1. The number of methoxy groups -OCH3 is 1. The Morgan fingerprint density at radius 1 is 1.25 bits per heavy atom. The molecule has 4 nitrogen and oxygen atoms in total. The maximum absolute atomic E-state index is 14.1. The van der Waals surface area contributed by atoms with Gasteiger partial charge < -0.3 is 14.4 Å². The lowest BCUT2D eigenvalue weighted by molar-refractivity contribution is -0.137. The molecule has 9 heteroatoms. The molecule has 0 N–H and O–H groups in total. The molecule has 0 amide bonds. The van der Waals surface area contributed by atoms with Crippen molar-refractivity contribution in [3.05, 3.63) is 64.6 Å². The standard InChI is InChI=1S/C19H14F4N2O2S/c1-26-15-5-3-2-4-14(15)25-8-9-27-18(25)17(11-24)28-16-10-12(19(21,22)23)6-7-13(16)20/h2-7,10H,8-9H2,1H3/b18-17-. The van der Waals surface area contributed by atoms with Crippen LogP contribution in [0.5, 0.6) is 5.75 Å². The summed E-state index contributed by atoms with van der Waals surface area (Å²) in [5.41, 5.74) is -0.358. The summed E-state index contributed by atoms with van der Waals surface area (Å²) in [4.78, 5) is 1.31. The molecule has 1 aliphatic rings. The van der Waals surface area contributed by atoms with Crippen LogP contribution >= 0.6 is 11.8 Å². The number of anilines is 1. The molecule has 1 saturated heterocycles. The van der Waals surface area contributed by atoms with Crippen LogP contribution in [-0.4, -0.2) is 20.3 Å². The molecule has 28 heavy (non-hydrogen) atoms. The highest BCUT2D eigenvalue weighted by atomic mass is 32.2. The van der Waals surface area contributed by atoms with E-state index in [1.54, 1.807) is 29.2 Å². The van der Waals surface area contributed by atoms with E-state index in [1.165, 1.54) is 7.11 Å². The maximum Gasteiger partial charge on any atom is 0.416 e. The molecular formula is C19H14F4N2O2S. The summed E-state index contributed by atoms with van der Waals surface area (Å²) in [7, 11) is 1.50. The number of thioether (sulfide) groups is 1. The van der Waals surface area contributed by atoms with E-state index in [0.29, 0.717) is 41.9 Å². The van der Waals surface area contributed by atoms with Gasteiger partial charge in [-0.3, -0.25) is 0 Å². The lowest BCUT2D eigenvalue weighted by atomic mass is 10.2. The summed E-state index contributed by atoms with van der Waals surface area (Å²) in [6, 6.07) is 11.0. The molecule has 146 valence electrons. The first-order valence-corrected chi connectivity index (χ1v) is 8.89. The number of hydrogen-bond donors (Lipinski definition) is 0. The molecular weight excluding hydrogens is 396 g/mol. The third-order valence-corrected chi connectivity index (χ3v) is 4.94. The molecule has 0 saturated carbocycles. The Kier molecular flexibility index (Phi) is 5.70. The smallest absolute Gasteiger partial charge is 0.416 e. The summed E-state index contributed by atoms with van der Waals surface area (Å²) < 4.78 is 63.7. The van der Waals surface area contributed by atoms with Crippen LogP contribution in [0.1, 0.15) is 5.56 Å². The zero-order valence-corrected chi connectivity index (χ0v) is 15.4. The zero-order chi connectivity index (χ0) is 20.3. The summed E-state index contributed by atoms with van der Waals surface area (Å²) >= 11 is 0.591. The van der Waals surface area contributed by atoms with Gasteiger partial charge >= 0.3 is 6.18 Å². The highest BCUT2D eigenvalue weighted by Gasteiger charge is 2.32. The van der Waals surface area contributed by atoms with Crippen LogP contribution in [0.15, 0.2) is 58.1 Å². The van der Waals surface area contributed by atoms with Gasteiger partial charge in [0.2, 0.25) is 5.88 Å². The second-order valence-electron chi connectivity index (χ2n) is 5.66. The van der Waals surface area contributed by atoms with Gasteiger partial charge in [-0.1, -0.05) is 23.9 Å². The Bertz CT molecular complexity index is 954. The molecule has 0 atom stereocenters. The fraction of sp³-hybridized carbons (Fsp3) is 0.211. The van der Waals surface area contributed by atoms with Crippen LogP contribution in [0.3, 0.4) is 0 Å². The van der Waals surface area contributed by atoms with Crippen molar-refractivity contribution in [1.82, 2.24) is 0 Å². The first-order valence-electron chi connectivity index (χ1n) is 8.07. The molecule has 2 aromatic carbocycles. The number of alkyl halides is 3. The number of ether oxygens (including phenoxy) is 2. The molecule has 0 spiro atoms. The van der Waals surface area contributed by atoms with Gasteiger partial charge in [0.15, 0.2) is 4.91 Å². The first kappa shape index (κ1) is 19.9. The Morgan fingerprint density at radius 3 is 2.68 bits per heavy atom. The second-order valence-corrected chi connectivity index (χ2v) is 6.72. The molecule has 0 aromatic heterocycles. The minimum absolute atomic E-state index is 0.0540. The predicted molar refractivity (Wildman–Crippen MR) is 96.2 cm³/mol. The summed E-state index contributed by atoms with van der Waals surface area (Å²) in [6.07, 6.45) is -4.61. The second kappa shape index (κ2) is 8.02. The summed E-state index contributed by atoms with van der Waals surface area (Å²) in [5.74, 6) is -0.167. The Balaban J connectivity index is 2.01. The van der Waals surface area contributed by atoms with Gasteiger partial charge in [-0.2, -0.15) is 18.4 Å². The molecule has 0 aliphatic carbocycles. The molecule has 3 rings (SSSR count). The predicted octanol–water partition coefficient (Wildman–Crippen LogP) is 5.17. The highest BCUT2D eigenvalue weighted by Crippen LogP contribution is 2.40. The monoisotopic (exact) mass is 410 g/mol. The van der Waals surface area contributed by atoms with Gasteiger partial charge in [-0.25, -0.2) is 4.39 Å². The highest BCUT2D eigenvalue weighted by molar-refractivity contribution is 8.03. The van der Waals surface area contributed by atoms with Gasteiger partial charge in [-0.05, 0) is 30.3 Å². The van der Waals surface area contributed by atoms with Crippen LogP contribution in [0, 0.1) is 17.1 Å².